The van der Waals surface area contributed by atoms with E-state index in [-0.39, 0.29) is 18.7 Å². The number of hydrogen-bond donors (Lipinski definition) is 2. The third kappa shape index (κ3) is 4.08. The monoisotopic (exact) mass is 330 g/mol. The number of carbonyl (C=O) groups is 1. The highest BCUT2D eigenvalue weighted by Gasteiger charge is 2.25. The fourth-order valence-corrected chi connectivity index (χ4v) is 2.84. The molecule has 2 amide bonds. The Kier molecular flexibility index (Phi) is 5.38. The number of aliphatic hydroxyl groups excluding tert-OH is 1. The van der Waals surface area contributed by atoms with Crippen molar-refractivity contribution in [3.8, 4) is 5.75 Å². The molecule has 0 saturated carbocycles. The SMILES string of the molecule is O=C(Nc1ccc(OCc2ccco2)cc1)N1CCCC[C@@H]1CO. The van der Waals surface area contributed by atoms with Crippen molar-refractivity contribution in [3.05, 3.63) is 48.4 Å². The fraction of sp³-hybridized carbons (Fsp3) is 0.389. The molecule has 1 aliphatic rings. The molecule has 1 aliphatic heterocycles. The third-order valence-corrected chi connectivity index (χ3v) is 4.17. The molecule has 128 valence electrons. The molecule has 1 aromatic heterocycles. The first kappa shape index (κ1) is 16.4. The number of rotatable bonds is 5. The molecule has 6 heteroatoms. The van der Waals surface area contributed by atoms with Gasteiger partial charge in [0.1, 0.15) is 18.1 Å². The van der Waals surface area contributed by atoms with Gasteiger partial charge in [-0.3, -0.25) is 0 Å². The van der Waals surface area contributed by atoms with Crippen LogP contribution in [0.15, 0.2) is 47.1 Å². The number of anilines is 1. The molecule has 6 nitrogen and oxygen atoms in total. The second-order valence-electron chi connectivity index (χ2n) is 5.85. The quantitative estimate of drug-likeness (QED) is 0.882. The number of piperidine rings is 1. The Balaban J connectivity index is 1.54. The highest BCUT2D eigenvalue weighted by atomic mass is 16.5. The van der Waals surface area contributed by atoms with Crippen molar-refractivity contribution in [2.24, 2.45) is 0 Å². The summed E-state index contributed by atoms with van der Waals surface area (Å²) in [6, 6.07) is 10.6. The number of nitrogens with zero attached hydrogens (tertiary/aromatic N) is 1. The third-order valence-electron chi connectivity index (χ3n) is 4.17. The maximum atomic E-state index is 12.4. The lowest BCUT2D eigenvalue weighted by molar-refractivity contribution is 0.115. The lowest BCUT2D eigenvalue weighted by atomic mass is 10.0. The van der Waals surface area contributed by atoms with Crippen molar-refractivity contribution < 1.29 is 19.1 Å². The summed E-state index contributed by atoms with van der Waals surface area (Å²) in [5, 5.41) is 12.3. The van der Waals surface area contributed by atoms with E-state index in [2.05, 4.69) is 5.32 Å². The van der Waals surface area contributed by atoms with Gasteiger partial charge >= 0.3 is 6.03 Å². The number of amides is 2. The zero-order valence-corrected chi connectivity index (χ0v) is 13.5. The highest BCUT2D eigenvalue weighted by molar-refractivity contribution is 5.89. The van der Waals surface area contributed by atoms with E-state index in [1.165, 1.54) is 0 Å². The van der Waals surface area contributed by atoms with Gasteiger partial charge in [0.2, 0.25) is 0 Å². The second-order valence-corrected chi connectivity index (χ2v) is 5.85. The Morgan fingerprint density at radius 3 is 2.83 bits per heavy atom. The lowest BCUT2D eigenvalue weighted by Crippen LogP contribution is -2.47. The Morgan fingerprint density at radius 1 is 1.29 bits per heavy atom. The van der Waals surface area contributed by atoms with Crippen LogP contribution in [0.4, 0.5) is 10.5 Å². The summed E-state index contributed by atoms with van der Waals surface area (Å²) in [6.07, 6.45) is 4.49. The van der Waals surface area contributed by atoms with Crippen LogP contribution in [-0.2, 0) is 6.61 Å². The summed E-state index contributed by atoms with van der Waals surface area (Å²) < 4.78 is 10.8. The Bertz CT molecular complexity index is 640. The van der Waals surface area contributed by atoms with Gasteiger partial charge in [-0.25, -0.2) is 4.79 Å². The number of aliphatic hydroxyl groups is 1. The number of urea groups is 1. The van der Waals surface area contributed by atoms with Gasteiger partial charge in [-0.05, 0) is 55.7 Å². The van der Waals surface area contributed by atoms with Crippen LogP contribution in [0.3, 0.4) is 0 Å². The Labute approximate surface area is 141 Å². The summed E-state index contributed by atoms with van der Waals surface area (Å²) in [5.74, 6) is 1.46. The summed E-state index contributed by atoms with van der Waals surface area (Å²) in [4.78, 5) is 14.1. The average Bonchev–Trinajstić information content (AvgIpc) is 3.14. The van der Waals surface area contributed by atoms with Crippen LogP contribution < -0.4 is 10.1 Å². The first-order valence-corrected chi connectivity index (χ1v) is 8.20. The van der Waals surface area contributed by atoms with Crippen LogP contribution in [0.2, 0.25) is 0 Å². The smallest absolute Gasteiger partial charge is 0.322 e. The van der Waals surface area contributed by atoms with Crippen LogP contribution in [0.1, 0.15) is 25.0 Å². The molecule has 1 saturated heterocycles. The highest BCUT2D eigenvalue weighted by Crippen LogP contribution is 2.20. The molecule has 0 aliphatic carbocycles. The molecule has 0 bridgehead atoms. The first-order valence-electron chi connectivity index (χ1n) is 8.20. The van der Waals surface area contributed by atoms with Crippen molar-refractivity contribution in [2.45, 2.75) is 31.9 Å². The minimum absolute atomic E-state index is 0.00692. The van der Waals surface area contributed by atoms with E-state index >= 15 is 0 Å². The molecule has 0 unspecified atom stereocenters. The zero-order valence-electron chi connectivity index (χ0n) is 13.5. The van der Waals surface area contributed by atoms with Gasteiger partial charge in [0.25, 0.3) is 0 Å². The van der Waals surface area contributed by atoms with Crippen LogP contribution >= 0.6 is 0 Å². The lowest BCUT2D eigenvalue weighted by Gasteiger charge is -2.34. The second kappa shape index (κ2) is 7.88. The standard InChI is InChI=1S/C18H22N2O4/c21-12-15-4-1-2-10-20(15)18(22)19-14-6-8-16(9-7-14)24-13-17-5-3-11-23-17/h3,5-9,11,15,21H,1-2,4,10,12-13H2,(H,19,22)/t15-/m1/s1. The van der Waals surface area contributed by atoms with Gasteiger partial charge < -0.3 is 24.5 Å². The minimum atomic E-state index is -0.169. The van der Waals surface area contributed by atoms with E-state index in [9.17, 15) is 9.90 Å². The van der Waals surface area contributed by atoms with Gasteiger partial charge in [0, 0.05) is 12.2 Å². The molecule has 1 aromatic carbocycles. The first-order chi connectivity index (χ1) is 11.8. The molecule has 1 atom stereocenters. The largest absolute Gasteiger partial charge is 0.486 e. The molecular formula is C18H22N2O4. The molecular weight excluding hydrogens is 308 g/mol. The number of nitrogens with one attached hydrogen (secondary N) is 1. The number of likely N-dealkylation sites (tertiary alicyclic amines) is 1. The van der Waals surface area contributed by atoms with Crippen molar-refractivity contribution in [3.63, 3.8) is 0 Å². The van der Waals surface area contributed by atoms with Crippen molar-refractivity contribution in [2.75, 3.05) is 18.5 Å². The van der Waals surface area contributed by atoms with E-state index in [0.717, 1.165) is 25.0 Å². The molecule has 24 heavy (non-hydrogen) atoms. The maximum Gasteiger partial charge on any atom is 0.322 e. The van der Waals surface area contributed by atoms with Gasteiger partial charge in [0.15, 0.2) is 0 Å². The van der Waals surface area contributed by atoms with Gasteiger partial charge in [-0.2, -0.15) is 0 Å². The Morgan fingerprint density at radius 2 is 2.12 bits per heavy atom. The van der Waals surface area contributed by atoms with E-state index < -0.39 is 0 Å². The van der Waals surface area contributed by atoms with Crippen LogP contribution in [0.5, 0.6) is 5.75 Å². The summed E-state index contributed by atoms with van der Waals surface area (Å²) in [7, 11) is 0. The fourth-order valence-electron chi connectivity index (χ4n) is 2.84. The molecule has 3 rings (SSSR count). The molecule has 1 fully saturated rings. The zero-order chi connectivity index (χ0) is 16.8. The van der Waals surface area contributed by atoms with Gasteiger partial charge in [0.05, 0.1) is 18.9 Å². The van der Waals surface area contributed by atoms with Gasteiger partial charge in [-0.15, -0.1) is 0 Å². The predicted octanol–water partition coefficient (Wildman–Crippen LogP) is 3.24. The van der Waals surface area contributed by atoms with Crippen LogP contribution in [0.25, 0.3) is 0 Å². The maximum absolute atomic E-state index is 12.4. The Hall–Kier alpha value is -2.47. The predicted molar refractivity (Wildman–Crippen MR) is 89.9 cm³/mol. The molecule has 2 heterocycles. The van der Waals surface area contributed by atoms with Crippen molar-refractivity contribution in [1.29, 1.82) is 0 Å². The summed E-state index contributed by atoms with van der Waals surface area (Å²) in [6.45, 7) is 1.05. The minimum Gasteiger partial charge on any atom is -0.486 e. The van der Waals surface area contributed by atoms with E-state index in [1.807, 2.05) is 12.1 Å². The van der Waals surface area contributed by atoms with Gasteiger partial charge in [-0.1, -0.05) is 0 Å². The molecule has 2 aromatic rings. The molecule has 2 N–H and O–H groups in total. The van der Waals surface area contributed by atoms with Crippen molar-refractivity contribution >= 4 is 11.7 Å². The summed E-state index contributed by atoms with van der Waals surface area (Å²) >= 11 is 0. The number of benzene rings is 1. The normalized spacial score (nSPS) is 17.5. The van der Waals surface area contributed by atoms with Crippen LogP contribution in [-0.4, -0.2) is 35.2 Å². The topological polar surface area (TPSA) is 74.9 Å². The molecule has 0 radical (unpaired) electrons. The van der Waals surface area contributed by atoms with E-state index in [1.54, 1.807) is 35.4 Å². The van der Waals surface area contributed by atoms with Crippen molar-refractivity contribution in [1.82, 2.24) is 4.90 Å². The van der Waals surface area contributed by atoms with Crippen LogP contribution in [0, 0.1) is 0 Å². The average molecular weight is 330 g/mol. The molecule has 0 spiro atoms. The van der Waals surface area contributed by atoms with E-state index in [4.69, 9.17) is 9.15 Å². The van der Waals surface area contributed by atoms with E-state index in [0.29, 0.717) is 24.6 Å². The number of hydrogen-bond acceptors (Lipinski definition) is 4. The number of furan rings is 1. The summed E-state index contributed by atoms with van der Waals surface area (Å²) in [5.41, 5.74) is 0.701. The number of ether oxygens (including phenoxy) is 1. The number of carbonyl (C=O) groups excluding carboxylic acids is 1.